The zero-order valence-corrected chi connectivity index (χ0v) is 11.5. The molecule has 0 aliphatic carbocycles. The van der Waals surface area contributed by atoms with Crippen LogP contribution in [0.4, 0.5) is 4.79 Å². The number of carbonyl (C=O) groups excluding carboxylic acids is 1. The molecule has 2 rings (SSSR count). The summed E-state index contributed by atoms with van der Waals surface area (Å²) in [6.07, 6.45) is 0.402. The molecule has 1 aromatic rings. The van der Waals surface area contributed by atoms with Crippen LogP contribution in [0.15, 0.2) is 10.5 Å². The molecule has 1 aliphatic rings. The van der Waals surface area contributed by atoms with Gasteiger partial charge in [0.25, 0.3) is 0 Å². The number of ether oxygens (including phenoxy) is 1. The third-order valence-corrected chi connectivity index (χ3v) is 3.36. The molecule has 1 unspecified atom stereocenters. The van der Waals surface area contributed by atoms with Gasteiger partial charge in [0.2, 0.25) is 0 Å². The predicted molar refractivity (Wildman–Crippen MR) is 69.6 cm³/mol. The summed E-state index contributed by atoms with van der Waals surface area (Å²) in [4.78, 5) is 24.2. The standard InChI is InChI=1S/C13H18N2O5/c1-8-11(12(16)17)5-10(20-8)7-15-4-3-9(6-15)14-13(18)19-2/h5,9H,3-4,6-7H2,1-2H3,(H,14,18)(H,16,17). The number of carboxylic acids is 1. The monoisotopic (exact) mass is 282 g/mol. The molecule has 1 atom stereocenters. The highest BCUT2D eigenvalue weighted by Gasteiger charge is 2.25. The lowest BCUT2D eigenvalue weighted by atomic mass is 10.2. The number of carboxylic acid groups (broad SMARTS) is 1. The number of aromatic carboxylic acids is 1. The van der Waals surface area contributed by atoms with Crippen molar-refractivity contribution in [2.45, 2.75) is 25.9 Å². The summed E-state index contributed by atoms with van der Waals surface area (Å²) >= 11 is 0. The number of rotatable bonds is 4. The molecule has 1 aromatic heterocycles. The number of alkyl carbamates (subject to hydrolysis) is 1. The van der Waals surface area contributed by atoms with Crippen LogP contribution in [-0.2, 0) is 11.3 Å². The fraction of sp³-hybridized carbons (Fsp3) is 0.538. The fourth-order valence-corrected chi connectivity index (χ4v) is 2.37. The molecule has 0 spiro atoms. The molecule has 0 bridgehead atoms. The van der Waals surface area contributed by atoms with E-state index >= 15 is 0 Å². The number of furan rings is 1. The molecule has 110 valence electrons. The molecule has 0 radical (unpaired) electrons. The van der Waals surface area contributed by atoms with Gasteiger partial charge in [-0.1, -0.05) is 0 Å². The maximum absolute atomic E-state index is 11.1. The third-order valence-electron chi connectivity index (χ3n) is 3.36. The molecular formula is C13H18N2O5. The highest BCUT2D eigenvalue weighted by atomic mass is 16.5. The van der Waals surface area contributed by atoms with Crippen molar-refractivity contribution in [2.75, 3.05) is 20.2 Å². The van der Waals surface area contributed by atoms with Gasteiger partial charge in [0.1, 0.15) is 17.1 Å². The number of carbonyl (C=O) groups is 2. The van der Waals surface area contributed by atoms with Crippen molar-refractivity contribution >= 4 is 12.1 Å². The number of hydrogen-bond donors (Lipinski definition) is 2. The Morgan fingerprint density at radius 1 is 1.60 bits per heavy atom. The lowest BCUT2D eigenvalue weighted by molar-refractivity contribution is 0.0695. The first kappa shape index (κ1) is 14.4. The lowest BCUT2D eigenvalue weighted by Crippen LogP contribution is -2.36. The Morgan fingerprint density at radius 3 is 2.95 bits per heavy atom. The van der Waals surface area contributed by atoms with Gasteiger partial charge in [-0.05, 0) is 19.4 Å². The van der Waals surface area contributed by atoms with Crippen LogP contribution in [0, 0.1) is 6.92 Å². The normalized spacial score (nSPS) is 19.0. The van der Waals surface area contributed by atoms with Gasteiger partial charge < -0.3 is 19.6 Å². The zero-order valence-electron chi connectivity index (χ0n) is 11.5. The minimum absolute atomic E-state index is 0.0532. The molecule has 7 heteroatoms. The van der Waals surface area contributed by atoms with Crippen molar-refractivity contribution in [1.29, 1.82) is 0 Å². The number of nitrogens with one attached hydrogen (secondary N) is 1. The number of hydrogen-bond acceptors (Lipinski definition) is 5. The summed E-state index contributed by atoms with van der Waals surface area (Å²) in [5, 5.41) is 11.7. The fourth-order valence-electron chi connectivity index (χ4n) is 2.37. The molecule has 2 N–H and O–H groups in total. The second kappa shape index (κ2) is 5.96. The molecule has 1 amide bonds. The Kier molecular flexibility index (Phi) is 4.29. The number of methoxy groups -OCH3 is 1. The smallest absolute Gasteiger partial charge is 0.407 e. The molecule has 1 saturated heterocycles. The van der Waals surface area contributed by atoms with E-state index in [1.165, 1.54) is 7.11 Å². The molecule has 1 aliphatic heterocycles. The number of amides is 1. The van der Waals surface area contributed by atoms with Gasteiger partial charge in [-0.2, -0.15) is 0 Å². The summed E-state index contributed by atoms with van der Waals surface area (Å²) in [5.41, 5.74) is 0.198. The van der Waals surface area contributed by atoms with E-state index in [-0.39, 0.29) is 11.6 Å². The van der Waals surface area contributed by atoms with E-state index < -0.39 is 12.1 Å². The molecule has 2 heterocycles. The van der Waals surface area contributed by atoms with Crippen molar-refractivity contribution in [2.24, 2.45) is 0 Å². The SMILES string of the molecule is COC(=O)NC1CCN(Cc2cc(C(=O)O)c(C)o2)C1. The van der Waals surface area contributed by atoms with Crippen LogP contribution in [-0.4, -0.2) is 48.3 Å². The Balaban J connectivity index is 1.90. The maximum Gasteiger partial charge on any atom is 0.407 e. The first-order valence-electron chi connectivity index (χ1n) is 6.39. The van der Waals surface area contributed by atoms with Crippen LogP contribution in [0.3, 0.4) is 0 Å². The quantitative estimate of drug-likeness (QED) is 0.862. The van der Waals surface area contributed by atoms with E-state index in [1.54, 1.807) is 13.0 Å². The van der Waals surface area contributed by atoms with Gasteiger partial charge in [-0.15, -0.1) is 0 Å². The highest BCUT2D eigenvalue weighted by Crippen LogP contribution is 2.19. The van der Waals surface area contributed by atoms with E-state index in [0.29, 0.717) is 24.6 Å². The highest BCUT2D eigenvalue weighted by molar-refractivity contribution is 5.88. The first-order chi connectivity index (χ1) is 9.49. The van der Waals surface area contributed by atoms with Gasteiger partial charge in [0, 0.05) is 19.1 Å². The van der Waals surface area contributed by atoms with Crippen molar-refractivity contribution in [3.05, 3.63) is 23.2 Å². The second-order valence-corrected chi connectivity index (χ2v) is 4.84. The van der Waals surface area contributed by atoms with E-state index in [1.807, 2.05) is 0 Å². The summed E-state index contributed by atoms with van der Waals surface area (Å²) in [5.74, 6) is 0.0544. The third kappa shape index (κ3) is 3.30. The maximum atomic E-state index is 11.1. The minimum atomic E-state index is -0.982. The Hall–Kier alpha value is -2.02. The summed E-state index contributed by atoms with van der Waals surface area (Å²) < 4.78 is 10.00. The van der Waals surface area contributed by atoms with Crippen LogP contribution in [0.2, 0.25) is 0 Å². The predicted octanol–water partition coefficient (Wildman–Crippen LogP) is 1.22. The van der Waals surface area contributed by atoms with Crippen LogP contribution in [0.5, 0.6) is 0 Å². The lowest BCUT2D eigenvalue weighted by Gasteiger charge is -2.14. The minimum Gasteiger partial charge on any atom is -0.478 e. The van der Waals surface area contributed by atoms with Crippen molar-refractivity contribution in [3.63, 3.8) is 0 Å². The van der Waals surface area contributed by atoms with E-state index in [4.69, 9.17) is 9.52 Å². The average molecular weight is 282 g/mol. The Morgan fingerprint density at radius 2 is 2.35 bits per heavy atom. The van der Waals surface area contributed by atoms with Crippen LogP contribution in [0.1, 0.15) is 28.3 Å². The van der Waals surface area contributed by atoms with Crippen LogP contribution >= 0.6 is 0 Å². The van der Waals surface area contributed by atoms with Crippen LogP contribution in [0.25, 0.3) is 0 Å². The van der Waals surface area contributed by atoms with E-state index in [0.717, 1.165) is 13.0 Å². The van der Waals surface area contributed by atoms with Crippen molar-refractivity contribution in [1.82, 2.24) is 10.2 Å². The topological polar surface area (TPSA) is 92.0 Å². The van der Waals surface area contributed by atoms with Crippen LogP contribution < -0.4 is 5.32 Å². The Bertz CT molecular complexity index is 511. The van der Waals surface area contributed by atoms with Gasteiger partial charge in [0.05, 0.1) is 13.7 Å². The van der Waals surface area contributed by atoms with Gasteiger partial charge >= 0.3 is 12.1 Å². The number of likely N-dealkylation sites (tertiary alicyclic amines) is 1. The van der Waals surface area contributed by atoms with Crippen molar-refractivity contribution in [3.8, 4) is 0 Å². The molecule has 0 saturated carbocycles. The molecular weight excluding hydrogens is 264 g/mol. The second-order valence-electron chi connectivity index (χ2n) is 4.84. The van der Waals surface area contributed by atoms with Crippen molar-refractivity contribution < 1.29 is 23.8 Å². The molecule has 1 fully saturated rings. The summed E-state index contributed by atoms with van der Waals surface area (Å²) in [6, 6.07) is 1.61. The van der Waals surface area contributed by atoms with Gasteiger partial charge in [-0.25, -0.2) is 9.59 Å². The summed E-state index contributed by atoms with van der Waals surface area (Å²) in [6.45, 7) is 3.68. The zero-order chi connectivity index (χ0) is 14.7. The number of nitrogens with zero attached hydrogens (tertiary/aromatic N) is 1. The van der Waals surface area contributed by atoms with E-state index in [9.17, 15) is 9.59 Å². The Labute approximate surface area is 116 Å². The molecule has 7 nitrogen and oxygen atoms in total. The van der Waals surface area contributed by atoms with Gasteiger partial charge in [-0.3, -0.25) is 4.90 Å². The largest absolute Gasteiger partial charge is 0.478 e. The van der Waals surface area contributed by atoms with Gasteiger partial charge in [0.15, 0.2) is 0 Å². The molecule has 0 aromatic carbocycles. The molecule has 20 heavy (non-hydrogen) atoms. The average Bonchev–Trinajstić information content (AvgIpc) is 2.96. The number of aryl methyl sites for hydroxylation is 1. The van der Waals surface area contributed by atoms with E-state index in [2.05, 4.69) is 15.0 Å². The summed E-state index contributed by atoms with van der Waals surface area (Å²) in [7, 11) is 1.33. The first-order valence-corrected chi connectivity index (χ1v) is 6.39.